The standard InChI is InChI=1S/C24H30FN3O5/c1-12-10-27(11-16(12)26-23(32)33-24(3,4)5)21-19(22(30)31)20(29)18-13(2)15(25)8-9-17(18)28(21)14-6-7-14/h8-9,12,14,16H,6-7,10-11H2,1-5H3,(H,26,32)(H,30,31). The number of amides is 1. The minimum atomic E-state index is -1.34. The van der Waals surface area contributed by atoms with E-state index < -0.39 is 28.9 Å². The van der Waals surface area contributed by atoms with Crippen LogP contribution in [0, 0.1) is 18.7 Å². The number of aromatic carboxylic acids is 1. The lowest BCUT2D eigenvalue weighted by molar-refractivity contribution is 0.0498. The van der Waals surface area contributed by atoms with E-state index >= 15 is 0 Å². The number of nitrogens with one attached hydrogen (secondary N) is 1. The van der Waals surface area contributed by atoms with Crippen LogP contribution in [0.4, 0.5) is 15.0 Å². The van der Waals surface area contributed by atoms with Crippen molar-refractivity contribution < 1.29 is 23.8 Å². The van der Waals surface area contributed by atoms with Crippen molar-refractivity contribution >= 4 is 28.8 Å². The Bertz CT molecular complexity index is 1200. The molecular weight excluding hydrogens is 429 g/mol. The summed E-state index contributed by atoms with van der Waals surface area (Å²) in [6.45, 7) is 9.60. The number of carboxylic acid groups (broad SMARTS) is 1. The van der Waals surface area contributed by atoms with Crippen LogP contribution in [0.25, 0.3) is 10.9 Å². The van der Waals surface area contributed by atoms with Crippen LogP contribution in [0.5, 0.6) is 0 Å². The van der Waals surface area contributed by atoms with Gasteiger partial charge in [0.15, 0.2) is 0 Å². The van der Waals surface area contributed by atoms with E-state index in [9.17, 15) is 23.9 Å². The van der Waals surface area contributed by atoms with Gasteiger partial charge in [-0.25, -0.2) is 14.0 Å². The van der Waals surface area contributed by atoms with Gasteiger partial charge in [0.25, 0.3) is 0 Å². The highest BCUT2D eigenvalue weighted by molar-refractivity contribution is 5.99. The van der Waals surface area contributed by atoms with Crippen LogP contribution in [0.3, 0.4) is 0 Å². The Morgan fingerprint density at radius 2 is 1.88 bits per heavy atom. The van der Waals surface area contributed by atoms with Gasteiger partial charge >= 0.3 is 12.1 Å². The van der Waals surface area contributed by atoms with Crippen LogP contribution >= 0.6 is 0 Å². The summed E-state index contributed by atoms with van der Waals surface area (Å²) in [7, 11) is 0. The van der Waals surface area contributed by atoms with E-state index in [1.807, 2.05) is 16.4 Å². The Balaban J connectivity index is 1.81. The summed E-state index contributed by atoms with van der Waals surface area (Å²) in [6, 6.07) is 2.64. The monoisotopic (exact) mass is 459 g/mol. The Morgan fingerprint density at radius 3 is 2.45 bits per heavy atom. The second-order valence-electron chi connectivity index (χ2n) is 10.1. The van der Waals surface area contributed by atoms with Gasteiger partial charge in [0.2, 0.25) is 5.43 Å². The van der Waals surface area contributed by atoms with E-state index in [4.69, 9.17) is 4.74 Å². The van der Waals surface area contributed by atoms with Crippen LogP contribution in [-0.2, 0) is 4.74 Å². The second kappa shape index (κ2) is 8.04. The summed E-state index contributed by atoms with van der Waals surface area (Å²) in [4.78, 5) is 39.8. The average molecular weight is 460 g/mol. The highest BCUT2D eigenvalue weighted by Gasteiger charge is 2.39. The molecule has 2 fully saturated rings. The zero-order valence-corrected chi connectivity index (χ0v) is 19.6. The number of pyridine rings is 1. The molecule has 1 saturated heterocycles. The summed E-state index contributed by atoms with van der Waals surface area (Å²) in [5.74, 6) is -1.56. The van der Waals surface area contributed by atoms with Crippen LogP contribution in [0.2, 0.25) is 0 Å². The van der Waals surface area contributed by atoms with E-state index in [1.165, 1.54) is 13.0 Å². The van der Waals surface area contributed by atoms with Gasteiger partial charge in [0, 0.05) is 19.1 Å². The number of carbonyl (C=O) groups is 2. The molecule has 2 aliphatic rings. The molecule has 4 rings (SSSR count). The van der Waals surface area contributed by atoms with Crippen molar-refractivity contribution in [2.75, 3.05) is 18.0 Å². The van der Waals surface area contributed by atoms with Crippen molar-refractivity contribution in [1.82, 2.24) is 9.88 Å². The van der Waals surface area contributed by atoms with E-state index in [2.05, 4.69) is 5.32 Å². The number of nitrogens with zero attached hydrogens (tertiary/aromatic N) is 2. The van der Waals surface area contributed by atoms with Crippen molar-refractivity contribution in [2.24, 2.45) is 5.92 Å². The fourth-order valence-electron chi connectivity index (χ4n) is 4.61. The smallest absolute Gasteiger partial charge is 0.407 e. The Morgan fingerprint density at radius 1 is 1.21 bits per heavy atom. The number of fused-ring (bicyclic) bond motifs is 1. The minimum Gasteiger partial charge on any atom is -0.477 e. The van der Waals surface area contributed by atoms with Crippen LogP contribution in [0.15, 0.2) is 16.9 Å². The first-order chi connectivity index (χ1) is 15.4. The van der Waals surface area contributed by atoms with Gasteiger partial charge in [-0.1, -0.05) is 6.92 Å². The molecule has 1 saturated carbocycles. The maximum atomic E-state index is 14.3. The third-order valence-corrected chi connectivity index (χ3v) is 6.28. The van der Waals surface area contributed by atoms with Crippen LogP contribution in [0.1, 0.15) is 62.5 Å². The molecule has 33 heavy (non-hydrogen) atoms. The zero-order valence-electron chi connectivity index (χ0n) is 19.6. The first-order valence-corrected chi connectivity index (χ1v) is 11.2. The lowest BCUT2D eigenvalue weighted by atomic mass is 10.0. The third-order valence-electron chi connectivity index (χ3n) is 6.28. The highest BCUT2D eigenvalue weighted by Crippen LogP contribution is 2.43. The molecule has 0 radical (unpaired) electrons. The molecule has 2 aromatic rings. The fraction of sp³-hybridized carbons (Fsp3) is 0.542. The van der Waals surface area contributed by atoms with Crippen molar-refractivity contribution in [3.05, 3.63) is 39.3 Å². The first kappa shape index (κ1) is 23.1. The lowest BCUT2D eigenvalue weighted by Crippen LogP contribution is -2.43. The maximum Gasteiger partial charge on any atom is 0.407 e. The quantitative estimate of drug-likeness (QED) is 0.721. The molecule has 2 atom stereocenters. The second-order valence-corrected chi connectivity index (χ2v) is 10.1. The predicted octanol–water partition coefficient (Wildman–Crippen LogP) is 3.83. The molecule has 0 spiro atoms. The molecule has 9 heteroatoms. The molecule has 2 N–H and O–H groups in total. The normalized spacial score (nSPS) is 20.8. The molecule has 1 aromatic heterocycles. The topological polar surface area (TPSA) is 101 Å². The third kappa shape index (κ3) is 4.28. The molecule has 178 valence electrons. The summed E-state index contributed by atoms with van der Waals surface area (Å²) in [6.07, 6.45) is 1.16. The summed E-state index contributed by atoms with van der Waals surface area (Å²) in [5, 5.41) is 13.0. The number of aryl methyl sites for hydroxylation is 1. The van der Waals surface area contributed by atoms with Crippen LogP contribution in [-0.4, -0.2) is 46.5 Å². The molecule has 2 unspecified atom stereocenters. The molecular formula is C24H30FN3O5. The van der Waals surface area contributed by atoms with Gasteiger partial charge in [-0.2, -0.15) is 0 Å². The molecule has 1 aliphatic carbocycles. The minimum absolute atomic E-state index is 0.00688. The summed E-state index contributed by atoms with van der Waals surface area (Å²) < 4.78 is 21.5. The lowest BCUT2D eigenvalue weighted by Gasteiger charge is -2.27. The number of carboxylic acids is 1. The van der Waals surface area contributed by atoms with E-state index in [0.717, 1.165) is 12.8 Å². The number of benzene rings is 1. The number of ether oxygens (including phenoxy) is 1. The van der Waals surface area contributed by atoms with Gasteiger partial charge in [-0.3, -0.25) is 4.79 Å². The zero-order chi connectivity index (χ0) is 24.2. The number of alkyl carbamates (subject to hydrolysis) is 1. The van der Waals surface area contributed by atoms with Crippen molar-refractivity contribution in [3.8, 4) is 0 Å². The Kier molecular flexibility index (Phi) is 5.62. The van der Waals surface area contributed by atoms with Gasteiger partial charge < -0.3 is 24.6 Å². The number of hydrogen-bond acceptors (Lipinski definition) is 5. The number of aromatic nitrogens is 1. The SMILES string of the molecule is Cc1c(F)ccc2c1c(=O)c(C(=O)O)c(N1CC(C)C(NC(=O)OC(C)(C)C)C1)n2C1CC1. The average Bonchev–Trinajstić information content (AvgIpc) is 3.46. The van der Waals surface area contributed by atoms with Crippen LogP contribution < -0.4 is 15.6 Å². The largest absolute Gasteiger partial charge is 0.477 e. The van der Waals surface area contributed by atoms with Crippen molar-refractivity contribution in [3.63, 3.8) is 0 Å². The molecule has 2 heterocycles. The maximum absolute atomic E-state index is 14.3. The van der Waals surface area contributed by atoms with E-state index in [-0.39, 0.29) is 34.5 Å². The first-order valence-electron chi connectivity index (χ1n) is 11.2. The van der Waals surface area contributed by atoms with Crippen molar-refractivity contribution in [1.29, 1.82) is 0 Å². The molecule has 1 amide bonds. The number of carbonyl (C=O) groups excluding carboxylic acids is 1. The molecule has 1 aliphatic heterocycles. The van der Waals surface area contributed by atoms with E-state index in [1.54, 1.807) is 26.8 Å². The van der Waals surface area contributed by atoms with Gasteiger partial charge in [0.1, 0.15) is 22.8 Å². The predicted molar refractivity (Wildman–Crippen MR) is 123 cm³/mol. The summed E-state index contributed by atoms with van der Waals surface area (Å²) >= 11 is 0. The Hall–Kier alpha value is -3.10. The van der Waals surface area contributed by atoms with Gasteiger partial charge in [0.05, 0.1) is 16.9 Å². The van der Waals surface area contributed by atoms with E-state index in [0.29, 0.717) is 24.4 Å². The van der Waals surface area contributed by atoms with Gasteiger partial charge in [-0.05, 0) is 64.2 Å². The molecule has 1 aromatic carbocycles. The highest BCUT2D eigenvalue weighted by atomic mass is 19.1. The Labute approximate surface area is 191 Å². The number of hydrogen-bond donors (Lipinski definition) is 2. The molecule has 8 nitrogen and oxygen atoms in total. The number of halogens is 1. The number of anilines is 1. The fourth-order valence-corrected chi connectivity index (χ4v) is 4.61. The summed E-state index contributed by atoms with van der Waals surface area (Å²) in [5.41, 5.74) is -0.983. The van der Waals surface area contributed by atoms with Crippen molar-refractivity contribution in [2.45, 2.75) is 65.1 Å². The van der Waals surface area contributed by atoms with Gasteiger partial charge in [-0.15, -0.1) is 0 Å². The number of rotatable bonds is 4. The molecule has 0 bridgehead atoms.